The molecule has 0 radical (unpaired) electrons. The Morgan fingerprint density at radius 3 is 2.83 bits per heavy atom. The largest absolute Gasteiger partial charge is 0.478 e. The van der Waals surface area contributed by atoms with Crippen LogP contribution in [-0.2, 0) is 0 Å². The number of carboxylic acid groups (broad SMARTS) is 1. The van der Waals surface area contributed by atoms with Gasteiger partial charge in [-0.15, -0.1) is 0 Å². The lowest BCUT2D eigenvalue weighted by atomic mass is 10.1. The highest BCUT2D eigenvalue weighted by Crippen LogP contribution is 2.21. The number of hydrogen-bond acceptors (Lipinski definition) is 4. The zero-order valence-electron chi connectivity index (χ0n) is 9.58. The molecule has 0 aliphatic rings. The number of carbonyl (C=O) groups is 1. The van der Waals surface area contributed by atoms with Crippen LogP contribution >= 0.6 is 0 Å². The van der Waals surface area contributed by atoms with Gasteiger partial charge in [0, 0.05) is 0 Å². The average Bonchev–Trinajstić information content (AvgIpc) is 2.70. The lowest BCUT2D eigenvalue weighted by Gasteiger charge is -2.09. The second kappa shape index (κ2) is 4.22. The first-order chi connectivity index (χ1) is 8.54. The SMILES string of the molecule is Cc1ccc(C(=O)O)cc1-n1cnc(C#N)c1N. The van der Waals surface area contributed by atoms with E-state index in [2.05, 4.69) is 4.98 Å². The van der Waals surface area contributed by atoms with Crippen molar-refractivity contribution in [2.45, 2.75) is 6.92 Å². The van der Waals surface area contributed by atoms with Crippen molar-refractivity contribution in [1.82, 2.24) is 9.55 Å². The summed E-state index contributed by atoms with van der Waals surface area (Å²) >= 11 is 0. The maximum absolute atomic E-state index is 10.9. The average molecular weight is 242 g/mol. The summed E-state index contributed by atoms with van der Waals surface area (Å²) in [6.45, 7) is 1.83. The topological polar surface area (TPSA) is 105 Å². The molecule has 18 heavy (non-hydrogen) atoms. The second-order valence-corrected chi connectivity index (χ2v) is 3.77. The highest BCUT2D eigenvalue weighted by Gasteiger charge is 2.12. The standard InChI is InChI=1S/C12H10N4O2/c1-7-2-3-8(12(17)18)4-10(7)16-6-15-9(5-13)11(16)14/h2-4,6H,14H2,1H3,(H,17,18). The third-order valence-electron chi connectivity index (χ3n) is 2.63. The Hall–Kier alpha value is -2.81. The van der Waals surface area contributed by atoms with Crippen molar-refractivity contribution in [3.63, 3.8) is 0 Å². The summed E-state index contributed by atoms with van der Waals surface area (Å²) in [6, 6.07) is 6.56. The number of anilines is 1. The molecule has 6 nitrogen and oxygen atoms in total. The van der Waals surface area contributed by atoms with Crippen molar-refractivity contribution in [2.75, 3.05) is 5.73 Å². The number of hydrogen-bond donors (Lipinski definition) is 2. The molecule has 90 valence electrons. The first-order valence-corrected chi connectivity index (χ1v) is 5.12. The van der Waals surface area contributed by atoms with Crippen LogP contribution in [0.2, 0.25) is 0 Å². The Labute approximate surface area is 103 Å². The lowest BCUT2D eigenvalue weighted by molar-refractivity contribution is 0.0697. The molecule has 0 amide bonds. The quantitative estimate of drug-likeness (QED) is 0.826. The van der Waals surface area contributed by atoms with Crippen LogP contribution < -0.4 is 5.73 Å². The molecule has 1 aromatic heterocycles. The Morgan fingerprint density at radius 2 is 2.28 bits per heavy atom. The van der Waals surface area contributed by atoms with Crippen molar-refractivity contribution in [3.8, 4) is 11.8 Å². The molecule has 3 N–H and O–H groups in total. The maximum Gasteiger partial charge on any atom is 0.335 e. The Kier molecular flexibility index (Phi) is 2.73. The zero-order chi connectivity index (χ0) is 13.3. The van der Waals surface area contributed by atoms with Gasteiger partial charge in [-0.2, -0.15) is 5.26 Å². The summed E-state index contributed by atoms with van der Waals surface area (Å²) in [5.41, 5.74) is 7.49. The van der Waals surface area contributed by atoms with E-state index >= 15 is 0 Å². The highest BCUT2D eigenvalue weighted by atomic mass is 16.4. The van der Waals surface area contributed by atoms with E-state index in [9.17, 15) is 4.79 Å². The predicted octanol–water partition coefficient (Wildman–Crippen LogP) is 1.33. The third kappa shape index (κ3) is 1.78. The molecular formula is C12H10N4O2. The summed E-state index contributed by atoms with van der Waals surface area (Å²) < 4.78 is 1.50. The van der Waals surface area contributed by atoms with E-state index in [0.717, 1.165) is 5.56 Å². The van der Waals surface area contributed by atoms with E-state index in [1.54, 1.807) is 6.07 Å². The van der Waals surface area contributed by atoms with Gasteiger partial charge in [-0.05, 0) is 24.6 Å². The minimum Gasteiger partial charge on any atom is -0.478 e. The van der Waals surface area contributed by atoms with E-state index in [0.29, 0.717) is 5.69 Å². The van der Waals surface area contributed by atoms with Gasteiger partial charge < -0.3 is 10.8 Å². The fraction of sp³-hybridized carbons (Fsp3) is 0.0833. The van der Waals surface area contributed by atoms with Gasteiger partial charge in [0.2, 0.25) is 0 Å². The number of imidazole rings is 1. The Balaban J connectivity index is 2.63. The second-order valence-electron chi connectivity index (χ2n) is 3.77. The molecule has 0 spiro atoms. The fourth-order valence-electron chi connectivity index (χ4n) is 1.64. The van der Waals surface area contributed by atoms with Gasteiger partial charge in [-0.25, -0.2) is 9.78 Å². The molecule has 1 aromatic carbocycles. The fourth-order valence-corrected chi connectivity index (χ4v) is 1.64. The van der Waals surface area contributed by atoms with E-state index in [-0.39, 0.29) is 17.1 Å². The van der Waals surface area contributed by atoms with Crippen molar-refractivity contribution in [2.24, 2.45) is 0 Å². The van der Waals surface area contributed by atoms with Crippen molar-refractivity contribution in [1.29, 1.82) is 5.26 Å². The van der Waals surface area contributed by atoms with Crippen LogP contribution in [0.1, 0.15) is 21.6 Å². The molecule has 2 rings (SSSR count). The summed E-state index contributed by atoms with van der Waals surface area (Å²) in [4.78, 5) is 14.8. The van der Waals surface area contributed by atoms with Gasteiger partial charge in [0.1, 0.15) is 18.2 Å². The monoisotopic (exact) mass is 242 g/mol. The number of aromatic nitrogens is 2. The minimum absolute atomic E-state index is 0.120. The van der Waals surface area contributed by atoms with Crippen molar-refractivity contribution < 1.29 is 9.90 Å². The van der Waals surface area contributed by atoms with Crippen LogP contribution in [0.15, 0.2) is 24.5 Å². The molecule has 0 aliphatic carbocycles. The number of benzene rings is 1. The number of nitrogen functional groups attached to an aromatic ring is 1. The summed E-state index contributed by atoms with van der Waals surface area (Å²) in [5, 5.41) is 17.8. The Morgan fingerprint density at radius 1 is 1.56 bits per heavy atom. The molecule has 2 aromatic rings. The van der Waals surface area contributed by atoms with Crippen LogP contribution in [0.5, 0.6) is 0 Å². The number of carboxylic acids is 1. The van der Waals surface area contributed by atoms with Crippen molar-refractivity contribution >= 4 is 11.8 Å². The van der Waals surface area contributed by atoms with Gasteiger partial charge in [-0.3, -0.25) is 4.57 Å². The predicted molar refractivity (Wildman–Crippen MR) is 64.4 cm³/mol. The molecule has 6 heteroatoms. The summed E-state index contributed by atoms with van der Waals surface area (Å²) in [6.07, 6.45) is 1.40. The molecule has 0 saturated heterocycles. The Bertz CT molecular complexity index is 667. The molecule has 0 saturated carbocycles. The number of rotatable bonds is 2. The van der Waals surface area contributed by atoms with E-state index < -0.39 is 5.97 Å². The summed E-state index contributed by atoms with van der Waals surface area (Å²) in [7, 11) is 0. The van der Waals surface area contributed by atoms with Gasteiger partial charge in [0.25, 0.3) is 0 Å². The van der Waals surface area contributed by atoms with Gasteiger partial charge in [0.15, 0.2) is 5.69 Å². The van der Waals surface area contributed by atoms with Crippen molar-refractivity contribution in [3.05, 3.63) is 41.3 Å². The molecule has 0 aliphatic heterocycles. The first kappa shape index (κ1) is 11.7. The number of nitrogens with zero attached hydrogens (tertiary/aromatic N) is 3. The highest BCUT2D eigenvalue weighted by molar-refractivity contribution is 5.88. The normalized spacial score (nSPS) is 10.0. The van der Waals surface area contributed by atoms with E-state index in [1.807, 2.05) is 13.0 Å². The zero-order valence-corrected chi connectivity index (χ0v) is 9.58. The molecule has 1 heterocycles. The number of aromatic carboxylic acids is 1. The maximum atomic E-state index is 10.9. The lowest BCUT2D eigenvalue weighted by Crippen LogP contribution is -2.04. The number of nitriles is 1. The van der Waals surface area contributed by atoms with Crippen LogP contribution in [-0.4, -0.2) is 20.6 Å². The third-order valence-corrected chi connectivity index (χ3v) is 2.63. The van der Waals surface area contributed by atoms with Gasteiger partial charge in [-0.1, -0.05) is 6.07 Å². The van der Waals surface area contributed by atoms with Crippen LogP contribution in [0.4, 0.5) is 5.82 Å². The van der Waals surface area contributed by atoms with Gasteiger partial charge >= 0.3 is 5.97 Å². The number of aryl methyl sites for hydroxylation is 1. The first-order valence-electron chi connectivity index (χ1n) is 5.12. The van der Waals surface area contributed by atoms with Crippen LogP contribution in [0, 0.1) is 18.3 Å². The van der Waals surface area contributed by atoms with Gasteiger partial charge in [0.05, 0.1) is 11.3 Å². The minimum atomic E-state index is -1.02. The summed E-state index contributed by atoms with van der Waals surface area (Å²) in [5.74, 6) is -0.821. The smallest absolute Gasteiger partial charge is 0.335 e. The van der Waals surface area contributed by atoms with E-state index in [1.165, 1.54) is 23.0 Å². The van der Waals surface area contributed by atoms with Crippen LogP contribution in [0.25, 0.3) is 5.69 Å². The molecule has 0 atom stereocenters. The molecule has 0 bridgehead atoms. The molecule has 0 fully saturated rings. The van der Waals surface area contributed by atoms with Crippen LogP contribution in [0.3, 0.4) is 0 Å². The number of nitrogens with two attached hydrogens (primary N) is 1. The van der Waals surface area contributed by atoms with E-state index in [4.69, 9.17) is 16.1 Å². The molecular weight excluding hydrogens is 232 g/mol. The molecule has 0 unspecified atom stereocenters.